The summed E-state index contributed by atoms with van der Waals surface area (Å²) in [4.78, 5) is 9.44. The van der Waals surface area contributed by atoms with Gasteiger partial charge in [-0.05, 0) is 69.3 Å². The van der Waals surface area contributed by atoms with E-state index >= 15 is 0 Å². The highest BCUT2D eigenvalue weighted by Gasteiger charge is 2.23. The van der Waals surface area contributed by atoms with Crippen LogP contribution in [0.1, 0.15) is 32.6 Å². The van der Waals surface area contributed by atoms with Gasteiger partial charge in [0.15, 0.2) is 5.96 Å². The van der Waals surface area contributed by atoms with Crippen molar-refractivity contribution in [3.63, 3.8) is 0 Å². The Hall–Kier alpha value is -1.22. The Morgan fingerprint density at radius 3 is 2.70 bits per heavy atom. The number of guanidine groups is 1. The molecule has 1 aromatic rings. The number of hydrogen-bond acceptors (Lipinski definition) is 4. The zero-order valence-electron chi connectivity index (χ0n) is 18.9. The summed E-state index contributed by atoms with van der Waals surface area (Å²) in [5.41, 5.74) is 1.25. The molecule has 30 heavy (non-hydrogen) atoms. The van der Waals surface area contributed by atoms with Gasteiger partial charge in [-0.3, -0.25) is 4.99 Å². The number of rotatable bonds is 8. The van der Waals surface area contributed by atoms with Gasteiger partial charge in [-0.1, -0.05) is 13.0 Å². The van der Waals surface area contributed by atoms with Crippen LogP contribution in [0.25, 0.3) is 0 Å². The fraction of sp³-hybridized carbons (Fsp3) is 0.696. The molecule has 1 atom stereocenters. The second-order valence-electron chi connectivity index (χ2n) is 8.56. The number of methoxy groups -OCH3 is 1. The van der Waals surface area contributed by atoms with E-state index in [9.17, 15) is 0 Å². The molecular formula is C23H40IN5O. The lowest BCUT2D eigenvalue weighted by Gasteiger charge is -2.30. The average Bonchev–Trinajstić information content (AvgIpc) is 3.23. The molecule has 0 radical (unpaired) electrons. The van der Waals surface area contributed by atoms with E-state index in [1.165, 1.54) is 51.0 Å². The van der Waals surface area contributed by atoms with Crippen LogP contribution in [0.3, 0.4) is 0 Å². The Morgan fingerprint density at radius 2 is 1.97 bits per heavy atom. The van der Waals surface area contributed by atoms with Crippen LogP contribution in [0.4, 0.5) is 5.69 Å². The largest absolute Gasteiger partial charge is 0.497 e. The van der Waals surface area contributed by atoms with E-state index in [0.29, 0.717) is 5.92 Å². The summed E-state index contributed by atoms with van der Waals surface area (Å²) in [5, 5.41) is 7.01. The van der Waals surface area contributed by atoms with Crippen molar-refractivity contribution in [2.45, 2.75) is 32.6 Å². The topological polar surface area (TPSA) is 52.1 Å². The molecule has 3 rings (SSSR count). The molecule has 1 aromatic carbocycles. The fourth-order valence-electron chi connectivity index (χ4n) is 4.30. The van der Waals surface area contributed by atoms with Crippen LogP contribution >= 0.6 is 24.0 Å². The minimum Gasteiger partial charge on any atom is -0.497 e. The van der Waals surface area contributed by atoms with Crippen LogP contribution in [-0.2, 0) is 0 Å². The number of hydrogen-bond donors (Lipinski definition) is 2. The Morgan fingerprint density at radius 1 is 1.17 bits per heavy atom. The molecule has 7 heteroatoms. The molecule has 2 saturated heterocycles. The van der Waals surface area contributed by atoms with Crippen LogP contribution in [0.5, 0.6) is 5.75 Å². The highest BCUT2D eigenvalue weighted by Crippen LogP contribution is 2.26. The van der Waals surface area contributed by atoms with Crippen molar-refractivity contribution in [3.05, 3.63) is 24.3 Å². The summed E-state index contributed by atoms with van der Waals surface area (Å²) in [5.74, 6) is 3.39. The van der Waals surface area contributed by atoms with Gasteiger partial charge in [-0.15, -0.1) is 24.0 Å². The Kier molecular flexibility index (Phi) is 11.1. The third-order valence-corrected chi connectivity index (χ3v) is 6.31. The predicted octanol–water partition coefficient (Wildman–Crippen LogP) is 3.43. The molecule has 0 spiro atoms. The first kappa shape index (κ1) is 25.0. The maximum absolute atomic E-state index is 5.36. The fourth-order valence-corrected chi connectivity index (χ4v) is 4.30. The molecule has 170 valence electrons. The highest BCUT2D eigenvalue weighted by atomic mass is 127. The first-order valence-electron chi connectivity index (χ1n) is 11.2. The van der Waals surface area contributed by atoms with Crippen LogP contribution in [-0.4, -0.2) is 70.8 Å². The molecule has 0 aromatic heterocycles. The van der Waals surface area contributed by atoms with Gasteiger partial charge in [0.1, 0.15) is 5.75 Å². The van der Waals surface area contributed by atoms with E-state index in [0.717, 1.165) is 43.8 Å². The number of nitrogens with zero attached hydrogens (tertiary/aromatic N) is 3. The van der Waals surface area contributed by atoms with Gasteiger partial charge < -0.3 is 25.2 Å². The number of halogens is 1. The number of anilines is 1. The van der Waals surface area contributed by atoms with Crippen LogP contribution < -0.4 is 20.3 Å². The predicted molar refractivity (Wildman–Crippen MR) is 138 cm³/mol. The molecule has 0 saturated carbocycles. The molecule has 6 nitrogen and oxygen atoms in total. The third kappa shape index (κ3) is 7.80. The average molecular weight is 530 g/mol. The van der Waals surface area contributed by atoms with Gasteiger partial charge in [-0.2, -0.15) is 0 Å². The summed E-state index contributed by atoms with van der Waals surface area (Å²) in [6.45, 7) is 10.2. The molecule has 2 aliphatic rings. The Bertz CT molecular complexity index is 648. The normalized spacial score (nSPS) is 20.7. The molecule has 2 N–H and O–H groups in total. The van der Waals surface area contributed by atoms with Crippen molar-refractivity contribution >= 4 is 35.6 Å². The second kappa shape index (κ2) is 13.2. The summed E-state index contributed by atoms with van der Waals surface area (Å²) in [6, 6.07) is 8.36. The van der Waals surface area contributed by atoms with Crippen LogP contribution in [0, 0.1) is 11.8 Å². The smallest absolute Gasteiger partial charge is 0.190 e. The van der Waals surface area contributed by atoms with Crippen LogP contribution in [0.2, 0.25) is 0 Å². The SMILES string of the molecule is CN=C(NCCCN1CCC(C)CC1)NCC1CCN(c2cccc(OC)c2)C1.I. The van der Waals surface area contributed by atoms with E-state index in [1.54, 1.807) is 7.11 Å². The second-order valence-corrected chi connectivity index (χ2v) is 8.56. The van der Waals surface area contributed by atoms with Gasteiger partial charge >= 0.3 is 0 Å². The molecule has 0 bridgehead atoms. The summed E-state index contributed by atoms with van der Waals surface area (Å²) in [6.07, 6.45) is 5.08. The Balaban J connectivity index is 0.00000320. The number of aliphatic imine (C=N–C) groups is 1. The van der Waals surface area contributed by atoms with Crippen molar-refractivity contribution in [1.82, 2.24) is 15.5 Å². The summed E-state index contributed by atoms with van der Waals surface area (Å²) >= 11 is 0. The monoisotopic (exact) mass is 529 g/mol. The first-order chi connectivity index (χ1) is 14.2. The maximum Gasteiger partial charge on any atom is 0.190 e. The van der Waals surface area contributed by atoms with Crippen molar-refractivity contribution < 1.29 is 4.74 Å². The van der Waals surface area contributed by atoms with Crippen molar-refractivity contribution in [3.8, 4) is 5.75 Å². The number of piperidine rings is 1. The lowest BCUT2D eigenvalue weighted by Crippen LogP contribution is -2.41. The van der Waals surface area contributed by atoms with Crippen molar-refractivity contribution in [2.75, 3.05) is 64.9 Å². The summed E-state index contributed by atoms with van der Waals surface area (Å²) in [7, 11) is 3.58. The van der Waals surface area contributed by atoms with Gasteiger partial charge in [-0.25, -0.2) is 0 Å². The molecule has 2 heterocycles. The molecule has 0 amide bonds. The lowest BCUT2D eigenvalue weighted by molar-refractivity contribution is 0.191. The van der Waals surface area contributed by atoms with E-state index in [2.05, 4.69) is 50.5 Å². The number of nitrogens with one attached hydrogen (secondary N) is 2. The van der Waals surface area contributed by atoms with E-state index in [-0.39, 0.29) is 24.0 Å². The zero-order valence-corrected chi connectivity index (χ0v) is 21.2. The Labute approximate surface area is 199 Å². The molecular weight excluding hydrogens is 489 g/mol. The quantitative estimate of drug-likeness (QED) is 0.234. The van der Waals surface area contributed by atoms with Crippen molar-refractivity contribution in [2.24, 2.45) is 16.8 Å². The van der Waals surface area contributed by atoms with Crippen LogP contribution in [0.15, 0.2) is 29.3 Å². The molecule has 1 unspecified atom stereocenters. The number of ether oxygens (including phenoxy) is 1. The maximum atomic E-state index is 5.36. The molecule has 0 aliphatic carbocycles. The zero-order chi connectivity index (χ0) is 20.5. The standard InChI is InChI=1S/C23H39N5O.HI/c1-19-8-13-27(14-9-19)12-5-11-25-23(24-2)26-17-20-10-15-28(18-20)21-6-4-7-22(16-21)29-3;/h4,6-7,16,19-20H,5,8-15,17-18H2,1-3H3,(H2,24,25,26);1H. The number of benzene rings is 1. The molecule has 2 aliphatic heterocycles. The summed E-state index contributed by atoms with van der Waals surface area (Å²) < 4.78 is 5.36. The van der Waals surface area contributed by atoms with E-state index in [4.69, 9.17) is 4.74 Å². The first-order valence-corrected chi connectivity index (χ1v) is 11.2. The van der Waals surface area contributed by atoms with Gasteiger partial charge in [0.2, 0.25) is 0 Å². The van der Waals surface area contributed by atoms with Gasteiger partial charge in [0.25, 0.3) is 0 Å². The van der Waals surface area contributed by atoms with Crippen molar-refractivity contribution in [1.29, 1.82) is 0 Å². The number of likely N-dealkylation sites (tertiary alicyclic amines) is 1. The van der Waals surface area contributed by atoms with Gasteiger partial charge in [0.05, 0.1) is 7.11 Å². The van der Waals surface area contributed by atoms with Gasteiger partial charge in [0, 0.05) is 45.0 Å². The minimum atomic E-state index is 0. The minimum absolute atomic E-state index is 0. The molecule has 2 fully saturated rings. The third-order valence-electron chi connectivity index (χ3n) is 6.31. The van der Waals surface area contributed by atoms with E-state index in [1.807, 2.05) is 13.1 Å². The van der Waals surface area contributed by atoms with E-state index < -0.39 is 0 Å². The highest BCUT2D eigenvalue weighted by molar-refractivity contribution is 14.0. The lowest BCUT2D eigenvalue weighted by atomic mass is 9.99.